The van der Waals surface area contributed by atoms with Crippen molar-refractivity contribution in [2.24, 2.45) is 0 Å². The normalized spacial score (nSPS) is 13.5. The van der Waals surface area contributed by atoms with Crippen molar-refractivity contribution in [2.45, 2.75) is 141 Å². The molecular formula is C32H52O2. The van der Waals surface area contributed by atoms with Crippen molar-refractivity contribution in [1.29, 1.82) is 0 Å². The number of aliphatic hydroxyl groups excluding tert-OH is 2. The fourth-order valence-electron chi connectivity index (χ4n) is 4.04. The van der Waals surface area contributed by atoms with Crippen LogP contribution in [-0.2, 0) is 0 Å². The van der Waals surface area contributed by atoms with E-state index < -0.39 is 6.10 Å². The molecule has 0 amide bonds. The summed E-state index contributed by atoms with van der Waals surface area (Å²) in [5.41, 5.74) is 0. The van der Waals surface area contributed by atoms with Gasteiger partial charge in [-0.1, -0.05) is 114 Å². The second-order valence-corrected chi connectivity index (χ2v) is 9.42. The maximum absolute atomic E-state index is 9.67. The smallest absolute Gasteiger partial charge is 0.133 e. The van der Waals surface area contributed by atoms with Gasteiger partial charge in [0.2, 0.25) is 0 Å². The molecule has 0 unspecified atom stereocenters. The molecule has 0 spiro atoms. The number of hydrogen-bond donors (Lipinski definition) is 2. The molecule has 0 aromatic carbocycles. The molecule has 2 N–H and O–H groups in total. The number of allylic oxidation sites excluding steroid dienone is 4. The van der Waals surface area contributed by atoms with Crippen molar-refractivity contribution in [1.82, 2.24) is 0 Å². The molecule has 0 aromatic heterocycles. The Balaban J connectivity index is 3.21. The van der Waals surface area contributed by atoms with Crippen molar-refractivity contribution >= 4 is 0 Å². The molecule has 34 heavy (non-hydrogen) atoms. The SMILES string of the molecule is C#C/C=C\[C@@H](O)CCCCCCCCCCC/C=C\CCCCCCCCC/C=C/[C@@H](O)C#C. The van der Waals surface area contributed by atoms with Crippen molar-refractivity contribution in [3.05, 3.63) is 36.5 Å². The van der Waals surface area contributed by atoms with Gasteiger partial charge in [0.15, 0.2) is 0 Å². The highest BCUT2D eigenvalue weighted by atomic mass is 16.3. The third-order valence-corrected chi connectivity index (χ3v) is 6.18. The summed E-state index contributed by atoms with van der Waals surface area (Å²) in [7, 11) is 0. The standard InChI is InChI=1S/C32H52O2/c1-3-5-28-32(34)30-27-25-23-21-19-17-15-13-11-9-7-6-8-10-12-14-16-18-20-22-24-26-29-31(33)4-2/h1-2,5-7,26,28-29,31-34H,8-25,27,30H2/b7-6-,28-5-,29-26+/t31-,32+/m0/s1. The Morgan fingerprint density at radius 1 is 0.529 bits per heavy atom. The molecule has 0 saturated heterocycles. The molecule has 0 fully saturated rings. The van der Waals surface area contributed by atoms with Crippen molar-refractivity contribution in [2.75, 3.05) is 0 Å². The average Bonchev–Trinajstić information content (AvgIpc) is 2.85. The highest BCUT2D eigenvalue weighted by Gasteiger charge is 1.98. The van der Waals surface area contributed by atoms with Gasteiger partial charge in [-0.3, -0.25) is 0 Å². The van der Waals surface area contributed by atoms with Crippen LogP contribution < -0.4 is 0 Å². The van der Waals surface area contributed by atoms with Gasteiger partial charge in [0.05, 0.1) is 6.10 Å². The van der Waals surface area contributed by atoms with Gasteiger partial charge in [-0.15, -0.1) is 12.8 Å². The number of aliphatic hydroxyl groups is 2. The van der Waals surface area contributed by atoms with E-state index in [2.05, 4.69) is 24.0 Å². The van der Waals surface area contributed by atoms with Gasteiger partial charge in [-0.2, -0.15) is 0 Å². The Morgan fingerprint density at radius 2 is 0.941 bits per heavy atom. The van der Waals surface area contributed by atoms with Gasteiger partial charge in [0.1, 0.15) is 6.10 Å². The average molecular weight is 469 g/mol. The van der Waals surface area contributed by atoms with Crippen LogP contribution in [-0.4, -0.2) is 22.4 Å². The van der Waals surface area contributed by atoms with E-state index in [0.29, 0.717) is 0 Å². The van der Waals surface area contributed by atoms with Gasteiger partial charge in [-0.05, 0) is 63.2 Å². The van der Waals surface area contributed by atoms with Crippen LogP contribution in [0.1, 0.15) is 128 Å². The van der Waals surface area contributed by atoms with Crippen LogP contribution >= 0.6 is 0 Å². The van der Waals surface area contributed by atoms with E-state index in [1.807, 2.05) is 6.08 Å². The minimum absolute atomic E-state index is 0.373. The number of unbranched alkanes of at least 4 members (excludes halogenated alkanes) is 17. The Labute approximate surface area is 212 Å². The molecule has 0 aliphatic rings. The Morgan fingerprint density at radius 3 is 1.38 bits per heavy atom. The van der Waals surface area contributed by atoms with E-state index in [1.165, 1.54) is 109 Å². The molecule has 0 saturated carbocycles. The maximum atomic E-state index is 9.67. The van der Waals surface area contributed by atoms with Crippen LogP contribution in [0.3, 0.4) is 0 Å². The Bertz CT molecular complexity index is 587. The first-order valence-corrected chi connectivity index (χ1v) is 14.0. The van der Waals surface area contributed by atoms with Crippen molar-refractivity contribution in [3.8, 4) is 24.7 Å². The third kappa shape index (κ3) is 26.5. The van der Waals surface area contributed by atoms with Crippen molar-refractivity contribution in [3.63, 3.8) is 0 Å². The zero-order chi connectivity index (χ0) is 25.0. The van der Waals surface area contributed by atoms with Gasteiger partial charge in [-0.25, -0.2) is 0 Å². The molecule has 192 valence electrons. The molecule has 0 aliphatic heterocycles. The van der Waals surface area contributed by atoms with Gasteiger partial charge in [0.25, 0.3) is 0 Å². The first kappa shape index (κ1) is 32.3. The van der Waals surface area contributed by atoms with E-state index >= 15 is 0 Å². The summed E-state index contributed by atoms with van der Waals surface area (Å²) in [5, 5.41) is 18.9. The predicted octanol–water partition coefficient (Wildman–Crippen LogP) is 8.45. The van der Waals surface area contributed by atoms with E-state index in [0.717, 1.165) is 19.3 Å². The molecule has 0 heterocycles. The van der Waals surface area contributed by atoms with Gasteiger partial charge in [0, 0.05) is 0 Å². The molecule has 0 rings (SSSR count). The topological polar surface area (TPSA) is 40.5 Å². The summed E-state index contributed by atoms with van der Waals surface area (Å²) in [6.45, 7) is 0. The molecule has 0 aliphatic carbocycles. The molecule has 0 radical (unpaired) electrons. The molecule has 2 atom stereocenters. The van der Waals surface area contributed by atoms with Crippen LogP contribution in [0, 0.1) is 24.7 Å². The third-order valence-electron chi connectivity index (χ3n) is 6.18. The van der Waals surface area contributed by atoms with Gasteiger partial charge >= 0.3 is 0 Å². The van der Waals surface area contributed by atoms with Crippen LogP contribution in [0.15, 0.2) is 36.5 Å². The molecule has 0 bridgehead atoms. The minimum atomic E-state index is -0.721. The first-order valence-electron chi connectivity index (χ1n) is 14.0. The maximum Gasteiger partial charge on any atom is 0.133 e. The molecule has 2 nitrogen and oxygen atoms in total. The summed E-state index contributed by atoms with van der Waals surface area (Å²) in [6.07, 6.45) is 46.1. The Hall–Kier alpha value is -1.74. The number of rotatable bonds is 24. The second kappa shape index (κ2) is 27.5. The van der Waals surface area contributed by atoms with E-state index in [4.69, 9.17) is 12.8 Å². The largest absolute Gasteiger partial charge is 0.389 e. The highest BCUT2D eigenvalue weighted by molar-refractivity contribution is 5.10. The second-order valence-electron chi connectivity index (χ2n) is 9.42. The van der Waals surface area contributed by atoms with E-state index in [-0.39, 0.29) is 6.10 Å². The number of hydrogen-bond acceptors (Lipinski definition) is 2. The summed E-state index contributed by atoms with van der Waals surface area (Å²) >= 11 is 0. The summed E-state index contributed by atoms with van der Waals surface area (Å²) in [5.74, 6) is 4.71. The summed E-state index contributed by atoms with van der Waals surface area (Å²) in [6, 6.07) is 0. The zero-order valence-corrected chi connectivity index (χ0v) is 21.8. The van der Waals surface area contributed by atoms with Gasteiger partial charge < -0.3 is 10.2 Å². The summed E-state index contributed by atoms with van der Waals surface area (Å²) < 4.78 is 0. The van der Waals surface area contributed by atoms with Crippen LogP contribution in [0.5, 0.6) is 0 Å². The fourth-order valence-corrected chi connectivity index (χ4v) is 4.04. The monoisotopic (exact) mass is 468 g/mol. The summed E-state index contributed by atoms with van der Waals surface area (Å²) in [4.78, 5) is 0. The molecule has 0 aromatic rings. The number of terminal acetylenes is 2. The van der Waals surface area contributed by atoms with Crippen LogP contribution in [0.25, 0.3) is 0 Å². The van der Waals surface area contributed by atoms with E-state index in [1.54, 1.807) is 18.2 Å². The van der Waals surface area contributed by atoms with Crippen LogP contribution in [0.4, 0.5) is 0 Å². The highest BCUT2D eigenvalue weighted by Crippen LogP contribution is 2.13. The Kier molecular flexibility index (Phi) is 26.1. The minimum Gasteiger partial charge on any atom is -0.389 e. The fraction of sp³-hybridized carbons (Fsp3) is 0.688. The predicted molar refractivity (Wildman–Crippen MR) is 149 cm³/mol. The van der Waals surface area contributed by atoms with Crippen molar-refractivity contribution < 1.29 is 10.2 Å². The first-order chi connectivity index (χ1) is 16.7. The molecular weight excluding hydrogens is 416 g/mol. The lowest BCUT2D eigenvalue weighted by Crippen LogP contribution is -2.01. The lowest BCUT2D eigenvalue weighted by Gasteiger charge is -2.05. The zero-order valence-electron chi connectivity index (χ0n) is 21.8. The van der Waals surface area contributed by atoms with Crippen LogP contribution in [0.2, 0.25) is 0 Å². The quantitative estimate of drug-likeness (QED) is 0.0847. The lowest BCUT2D eigenvalue weighted by molar-refractivity contribution is 0.208. The lowest BCUT2D eigenvalue weighted by atomic mass is 10.0. The molecule has 2 heteroatoms. The van der Waals surface area contributed by atoms with E-state index in [9.17, 15) is 10.2 Å².